The zero-order valence-corrected chi connectivity index (χ0v) is 15.0. The summed E-state index contributed by atoms with van der Waals surface area (Å²) in [6.45, 7) is -0.120. The van der Waals surface area contributed by atoms with Crippen molar-refractivity contribution in [3.63, 3.8) is 0 Å². The monoisotopic (exact) mass is 381 g/mol. The first-order valence-corrected chi connectivity index (χ1v) is 8.15. The molecule has 0 aliphatic carbocycles. The summed E-state index contributed by atoms with van der Waals surface area (Å²) in [6.07, 6.45) is -3.15. The van der Waals surface area contributed by atoms with Gasteiger partial charge in [-0.05, 0) is 30.5 Å². The summed E-state index contributed by atoms with van der Waals surface area (Å²) in [5.41, 5.74) is 0.978. The van der Waals surface area contributed by atoms with Gasteiger partial charge in [0.1, 0.15) is 12.4 Å². The van der Waals surface area contributed by atoms with Gasteiger partial charge in [-0.1, -0.05) is 17.7 Å². The number of hydrogen-bond acceptors (Lipinski definition) is 3. The van der Waals surface area contributed by atoms with E-state index in [4.69, 9.17) is 16.3 Å². The minimum Gasteiger partial charge on any atom is -0.497 e. The lowest BCUT2D eigenvalue weighted by atomic mass is 10.1. The maximum Gasteiger partial charge on any atom is 0.411 e. The molecule has 0 amide bonds. The van der Waals surface area contributed by atoms with Gasteiger partial charge in [-0.3, -0.25) is 4.99 Å². The molecule has 0 saturated carbocycles. The average Bonchev–Trinajstić information content (AvgIpc) is 2.56. The Kier molecular flexibility index (Phi) is 9.44. The first-order chi connectivity index (χ1) is 11.9. The van der Waals surface area contributed by atoms with Gasteiger partial charge in [-0.25, -0.2) is 0 Å². The molecule has 0 unspecified atom stereocenters. The number of nitrogens with one attached hydrogen (secondary N) is 2. The van der Waals surface area contributed by atoms with Gasteiger partial charge in [-0.2, -0.15) is 13.2 Å². The van der Waals surface area contributed by atoms with E-state index in [0.29, 0.717) is 42.7 Å². The van der Waals surface area contributed by atoms with Crippen molar-refractivity contribution in [3.8, 4) is 5.75 Å². The number of hydrogen-bond donors (Lipinski definition) is 2. The van der Waals surface area contributed by atoms with E-state index in [1.54, 1.807) is 20.2 Å². The molecule has 0 fully saturated rings. The van der Waals surface area contributed by atoms with Gasteiger partial charge >= 0.3 is 6.18 Å². The molecule has 0 spiro atoms. The second-order valence-corrected chi connectivity index (χ2v) is 5.56. The van der Waals surface area contributed by atoms with Crippen molar-refractivity contribution in [1.29, 1.82) is 0 Å². The molecule has 0 aliphatic rings. The third kappa shape index (κ3) is 9.40. The van der Waals surface area contributed by atoms with Crippen LogP contribution in [-0.4, -0.2) is 52.6 Å². The lowest BCUT2D eigenvalue weighted by molar-refractivity contribution is -0.173. The zero-order chi connectivity index (χ0) is 18.7. The molecule has 0 aliphatic heterocycles. The van der Waals surface area contributed by atoms with Crippen LogP contribution < -0.4 is 15.4 Å². The van der Waals surface area contributed by atoms with Crippen LogP contribution in [0.2, 0.25) is 5.02 Å². The molecule has 1 aromatic carbocycles. The highest BCUT2D eigenvalue weighted by atomic mass is 35.5. The normalized spacial score (nSPS) is 12.2. The molecule has 9 heteroatoms. The Bertz CT molecular complexity index is 554. The molecule has 5 nitrogen and oxygen atoms in total. The summed E-state index contributed by atoms with van der Waals surface area (Å²) in [4.78, 5) is 4.05. The predicted molar refractivity (Wildman–Crippen MR) is 92.6 cm³/mol. The quantitative estimate of drug-likeness (QED) is 0.392. The van der Waals surface area contributed by atoms with Crippen LogP contribution in [0.4, 0.5) is 13.2 Å². The standard InChI is InChI=1S/C16H23ClF3N3O2/c1-21-15(22-7-3-9-25-11-16(18,19)20)23-8-6-12-4-5-13(24-2)10-14(12)17/h4-5,10H,3,6-9,11H2,1-2H3,(H2,21,22,23). The summed E-state index contributed by atoms with van der Waals surface area (Å²) in [5, 5.41) is 6.76. The van der Waals surface area contributed by atoms with E-state index in [0.717, 1.165) is 5.56 Å². The van der Waals surface area contributed by atoms with Crippen molar-refractivity contribution in [2.75, 3.05) is 40.5 Å². The summed E-state index contributed by atoms with van der Waals surface area (Å²) in [6, 6.07) is 5.50. The Hall–Kier alpha value is -1.67. The van der Waals surface area contributed by atoms with Crippen LogP contribution in [0.5, 0.6) is 5.75 Å². The molecule has 0 heterocycles. The number of methoxy groups -OCH3 is 1. The third-order valence-electron chi connectivity index (χ3n) is 3.19. The zero-order valence-electron chi connectivity index (χ0n) is 14.3. The van der Waals surface area contributed by atoms with Gasteiger partial charge in [0.05, 0.1) is 7.11 Å². The first-order valence-electron chi connectivity index (χ1n) is 7.77. The lowest BCUT2D eigenvalue weighted by Crippen LogP contribution is -2.39. The van der Waals surface area contributed by atoms with E-state index in [1.165, 1.54) is 0 Å². The van der Waals surface area contributed by atoms with Crippen molar-refractivity contribution in [2.45, 2.75) is 19.0 Å². The number of nitrogens with zero attached hydrogens (tertiary/aromatic N) is 1. The highest BCUT2D eigenvalue weighted by molar-refractivity contribution is 6.31. The summed E-state index contributed by atoms with van der Waals surface area (Å²) in [5.74, 6) is 1.27. The van der Waals surface area contributed by atoms with Gasteiger partial charge in [-0.15, -0.1) is 0 Å². The van der Waals surface area contributed by atoms with Crippen LogP contribution in [0, 0.1) is 0 Å². The van der Waals surface area contributed by atoms with Gasteiger partial charge in [0.15, 0.2) is 5.96 Å². The van der Waals surface area contributed by atoms with Crippen LogP contribution in [-0.2, 0) is 11.2 Å². The molecule has 1 aromatic rings. The molecule has 25 heavy (non-hydrogen) atoms. The Morgan fingerprint density at radius 2 is 1.96 bits per heavy atom. The van der Waals surface area contributed by atoms with Crippen molar-refractivity contribution in [3.05, 3.63) is 28.8 Å². The number of halogens is 4. The molecule has 0 aromatic heterocycles. The van der Waals surface area contributed by atoms with E-state index in [9.17, 15) is 13.2 Å². The maximum absolute atomic E-state index is 11.9. The summed E-state index contributed by atoms with van der Waals surface area (Å²) < 4.78 is 45.4. The first kappa shape index (κ1) is 21.4. The highest BCUT2D eigenvalue weighted by Crippen LogP contribution is 2.22. The van der Waals surface area contributed by atoms with Gasteiger partial charge in [0.25, 0.3) is 0 Å². The number of guanidine groups is 1. The molecular weight excluding hydrogens is 359 g/mol. The van der Waals surface area contributed by atoms with Crippen molar-refractivity contribution >= 4 is 17.6 Å². The number of benzene rings is 1. The maximum atomic E-state index is 11.9. The van der Waals surface area contributed by atoms with Crippen LogP contribution in [0.3, 0.4) is 0 Å². The number of aliphatic imine (C=N–C) groups is 1. The topological polar surface area (TPSA) is 54.9 Å². The molecule has 0 radical (unpaired) electrons. The van der Waals surface area contributed by atoms with Crippen molar-refractivity contribution in [2.24, 2.45) is 4.99 Å². The Morgan fingerprint density at radius 1 is 1.24 bits per heavy atom. The van der Waals surface area contributed by atoms with Gasteiger partial charge in [0.2, 0.25) is 0 Å². The highest BCUT2D eigenvalue weighted by Gasteiger charge is 2.27. The van der Waals surface area contributed by atoms with Gasteiger partial charge < -0.3 is 20.1 Å². The molecule has 2 N–H and O–H groups in total. The Balaban J connectivity index is 2.22. The van der Waals surface area contributed by atoms with Crippen molar-refractivity contribution in [1.82, 2.24) is 10.6 Å². The Morgan fingerprint density at radius 3 is 2.56 bits per heavy atom. The van der Waals surface area contributed by atoms with Crippen LogP contribution in [0.15, 0.2) is 23.2 Å². The minimum absolute atomic E-state index is 0.0327. The second-order valence-electron chi connectivity index (χ2n) is 5.15. The predicted octanol–water partition coefficient (Wildman–Crippen LogP) is 3.03. The SMILES string of the molecule is CN=C(NCCCOCC(F)(F)F)NCCc1ccc(OC)cc1Cl. The summed E-state index contributed by atoms with van der Waals surface area (Å²) in [7, 11) is 3.20. The molecular formula is C16H23ClF3N3O2. The Labute approximate surface area is 150 Å². The van der Waals surface area contributed by atoms with E-state index < -0.39 is 12.8 Å². The number of alkyl halides is 3. The fourth-order valence-corrected chi connectivity index (χ4v) is 2.23. The molecule has 0 bridgehead atoms. The van der Waals surface area contributed by atoms with E-state index in [2.05, 4.69) is 20.4 Å². The van der Waals surface area contributed by atoms with Crippen LogP contribution in [0.1, 0.15) is 12.0 Å². The van der Waals surface area contributed by atoms with Crippen molar-refractivity contribution < 1.29 is 22.6 Å². The summed E-state index contributed by atoms with van der Waals surface area (Å²) >= 11 is 6.17. The fraction of sp³-hybridized carbons (Fsp3) is 0.562. The largest absolute Gasteiger partial charge is 0.497 e. The van der Waals surface area contributed by atoms with E-state index >= 15 is 0 Å². The molecule has 1 rings (SSSR count). The number of rotatable bonds is 9. The number of ether oxygens (including phenoxy) is 2. The second kappa shape index (κ2) is 11.0. The van der Waals surface area contributed by atoms with Crippen LogP contribution in [0.25, 0.3) is 0 Å². The van der Waals surface area contributed by atoms with E-state index in [-0.39, 0.29) is 6.61 Å². The smallest absolute Gasteiger partial charge is 0.411 e. The van der Waals surface area contributed by atoms with E-state index in [1.807, 2.05) is 12.1 Å². The van der Waals surface area contributed by atoms with Crippen LogP contribution >= 0.6 is 11.6 Å². The third-order valence-corrected chi connectivity index (χ3v) is 3.55. The fourth-order valence-electron chi connectivity index (χ4n) is 1.96. The van der Waals surface area contributed by atoms with Gasteiger partial charge in [0, 0.05) is 31.8 Å². The minimum atomic E-state index is -4.28. The lowest BCUT2D eigenvalue weighted by Gasteiger charge is -2.13. The molecule has 0 saturated heterocycles. The molecule has 0 atom stereocenters. The molecule has 142 valence electrons. The average molecular weight is 382 g/mol.